The minimum atomic E-state index is -2.48. The molecular formula is C15H25F2N3. The molecule has 1 unspecified atom stereocenters. The molecule has 1 fully saturated rings. The zero-order chi connectivity index (χ0) is 14.8. The van der Waals surface area contributed by atoms with Gasteiger partial charge in [-0.1, -0.05) is 6.92 Å². The molecule has 1 heterocycles. The van der Waals surface area contributed by atoms with Crippen molar-refractivity contribution in [1.82, 2.24) is 9.78 Å². The van der Waals surface area contributed by atoms with Crippen LogP contribution in [0.4, 0.5) is 8.78 Å². The smallest absolute Gasteiger partial charge is 0.248 e. The summed E-state index contributed by atoms with van der Waals surface area (Å²) in [6.45, 7) is 4.96. The molecule has 0 amide bonds. The normalized spacial score (nSPS) is 21.1. The van der Waals surface area contributed by atoms with E-state index in [9.17, 15) is 8.78 Å². The summed E-state index contributed by atoms with van der Waals surface area (Å²) >= 11 is 0. The lowest BCUT2D eigenvalue weighted by Gasteiger charge is -2.32. The summed E-state index contributed by atoms with van der Waals surface area (Å²) in [4.78, 5) is 0. The summed E-state index contributed by atoms with van der Waals surface area (Å²) < 4.78 is 28.3. The summed E-state index contributed by atoms with van der Waals surface area (Å²) in [5, 5.41) is 4.51. The van der Waals surface area contributed by atoms with Crippen molar-refractivity contribution >= 4 is 0 Å². The lowest BCUT2D eigenvalue weighted by atomic mass is 9.81. The van der Waals surface area contributed by atoms with Crippen molar-refractivity contribution < 1.29 is 8.78 Å². The zero-order valence-corrected chi connectivity index (χ0v) is 12.4. The second kappa shape index (κ2) is 6.20. The van der Waals surface area contributed by atoms with E-state index in [2.05, 4.69) is 25.0 Å². The van der Waals surface area contributed by atoms with Gasteiger partial charge >= 0.3 is 0 Å². The molecule has 3 nitrogen and oxygen atoms in total. The van der Waals surface area contributed by atoms with Crippen LogP contribution < -0.4 is 5.73 Å². The maximum absolute atomic E-state index is 13.2. The molecule has 114 valence electrons. The molecule has 0 spiro atoms. The highest BCUT2D eigenvalue weighted by Crippen LogP contribution is 2.37. The number of nitrogens with zero attached hydrogens (tertiary/aromatic N) is 2. The van der Waals surface area contributed by atoms with Gasteiger partial charge in [-0.25, -0.2) is 8.78 Å². The van der Waals surface area contributed by atoms with Crippen molar-refractivity contribution in [3.8, 4) is 0 Å². The van der Waals surface area contributed by atoms with Crippen LogP contribution in [-0.4, -0.2) is 21.7 Å². The van der Waals surface area contributed by atoms with E-state index in [-0.39, 0.29) is 24.8 Å². The van der Waals surface area contributed by atoms with Crippen molar-refractivity contribution in [3.05, 3.63) is 17.5 Å². The van der Waals surface area contributed by atoms with Crippen molar-refractivity contribution in [2.45, 2.75) is 70.9 Å². The van der Waals surface area contributed by atoms with Crippen LogP contribution in [0.2, 0.25) is 0 Å². The number of hydrogen-bond donors (Lipinski definition) is 1. The van der Waals surface area contributed by atoms with Crippen LogP contribution in [0.15, 0.2) is 6.07 Å². The molecule has 1 aliphatic carbocycles. The molecule has 1 aromatic rings. The Labute approximate surface area is 119 Å². The van der Waals surface area contributed by atoms with Gasteiger partial charge in [-0.05, 0) is 38.2 Å². The van der Waals surface area contributed by atoms with Crippen molar-refractivity contribution in [1.29, 1.82) is 0 Å². The van der Waals surface area contributed by atoms with Gasteiger partial charge in [0.25, 0.3) is 0 Å². The average molecular weight is 285 g/mol. The second-order valence-corrected chi connectivity index (χ2v) is 5.86. The standard InChI is InChI=1S/C15H25F2N3/c1-3-12-9-13(20(4-2)19-12)10-14(18)11-5-7-15(16,17)8-6-11/h9,11,14H,3-8,10,18H2,1-2H3. The number of rotatable bonds is 5. The van der Waals surface area contributed by atoms with Gasteiger partial charge < -0.3 is 5.73 Å². The molecule has 20 heavy (non-hydrogen) atoms. The average Bonchev–Trinajstić information content (AvgIpc) is 2.80. The van der Waals surface area contributed by atoms with Crippen LogP contribution in [0.5, 0.6) is 0 Å². The van der Waals surface area contributed by atoms with Crippen LogP contribution in [-0.2, 0) is 19.4 Å². The van der Waals surface area contributed by atoms with Crippen LogP contribution in [0.1, 0.15) is 50.9 Å². The zero-order valence-electron chi connectivity index (χ0n) is 12.4. The fourth-order valence-electron chi connectivity index (χ4n) is 3.02. The van der Waals surface area contributed by atoms with E-state index in [1.807, 2.05) is 4.68 Å². The van der Waals surface area contributed by atoms with Gasteiger partial charge in [0.2, 0.25) is 5.92 Å². The van der Waals surface area contributed by atoms with Crippen molar-refractivity contribution in [2.75, 3.05) is 0 Å². The Bertz CT molecular complexity index is 432. The molecule has 0 saturated heterocycles. The fourth-order valence-corrected chi connectivity index (χ4v) is 3.02. The first-order valence-corrected chi connectivity index (χ1v) is 7.64. The Morgan fingerprint density at radius 1 is 1.40 bits per heavy atom. The van der Waals surface area contributed by atoms with Gasteiger partial charge in [0, 0.05) is 37.5 Å². The maximum atomic E-state index is 13.2. The predicted octanol–water partition coefficient (Wildman–Crippen LogP) is 3.16. The SMILES string of the molecule is CCc1cc(CC(N)C2CCC(F)(F)CC2)n(CC)n1. The number of halogens is 2. The third-order valence-corrected chi connectivity index (χ3v) is 4.39. The summed E-state index contributed by atoms with van der Waals surface area (Å²) in [7, 11) is 0. The Morgan fingerprint density at radius 2 is 2.05 bits per heavy atom. The molecule has 1 aromatic heterocycles. The van der Waals surface area contributed by atoms with E-state index in [1.165, 1.54) is 0 Å². The minimum Gasteiger partial charge on any atom is -0.327 e. The molecule has 1 aliphatic rings. The minimum absolute atomic E-state index is 0.0153. The predicted molar refractivity (Wildman–Crippen MR) is 75.9 cm³/mol. The van der Waals surface area contributed by atoms with Crippen molar-refractivity contribution in [2.24, 2.45) is 11.7 Å². The second-order valence-electron chi connectivity index (χ2n) is 5.86. The van der Waals surface area contributed by atoms with E-state index >= 15 is 0 Å². The number of hydrogen-bond acceptors (Lipinski definition) is 2. The highest BCUT2D eigenvalue weighted by molar-refractivity contribution is 5.12. The molecule has 0 bridgehead atoms. The molecule has 2 N–H and O–H groups in total. The number of nitrogens with two attached hydrogens (primary N) is 1. The van der Waals surface area contributed by atoms with Crippen LogP contribution in [0, 0.1) is 5.92 Å². The highest BCUT2D eigenvalue weighted by Gasteiger charge is 2.36. The highest BCUT2D eigenvalue weighted by atomic mass is 19.3. The Hall–Kier alpha value is -0.970. The first kappa shape index (κ1) is 15.4. The molecule has 1 atom stereocenters. The largest absolute Gasteiger partial charge is 0.327 e. The molecular weight excluding hydrogens is 260 g/mol. The Balaban J connectivity index is 1.97. The summed E-state index contributed by atoms with van der Waals surface area (Å²) in [6, 6.07) is 2.05. The summed E-state index contributed by atoms with van der Waals surface area (Å²) in [5.41, 5.74) is 8.46. The lowest BCUT2D eigenvalue weighted by Crippen LogP contribution is -2.38. The topological polar surface area (TPSA) is 43.8 Å². The van der Waals surface area contributed by atoms with Gasteiger partial charge in [-0.3, -0.25) is 4.68 Å². The Morgan fingerprint density at radius 3 is 2.60 bits per heavy atom. The van der Waals surface area contributed by atoms with Gasteiger partial charge in [-0.15, -0.1) is 0 Å². The monoisotopic (exact) mass is 285 g/mol. The first-order valence-electron chi connectivity index (χ1n) is 7.64. The van der Waals surface area contributed by atoms with E-state index < -0.39 is 5.92 Å². The molecule has 0 radical (unpaired) electrons. The molecule has 0 aromatic carbocycles. The van der Waals surface area contributed by atoms with Gasteiger partial charge in [0.05, 0.1) is 5.69 Å². The Kier molecular flexibility index (Phi) is 4.78. The summed E-state index contributed by atoms with van der Waals surface area (Å²) in [6.07, 6.45) is 2.68. The number of aryl methyl sites for hydroxylation is 2. The van der Waals surface area contributed by atoms with Gasteiger partial charge in [-0.2, -0.15) is 5.10 Å². The van der Waals surface area contributed by atoms with Crippen LogP contribution in [0.3, 0.4) is 0 Å². The van der Waals surface area contributed by atoms with E-state index in [4.69, 9.17) is 5.73 Å². The first-order chi connectivity index (χ1) is 9.45. The molecule has 5 heteroatoms. The number of alkyl halides is 2. The third-order valence-electron chi connectivity index (χ3n) is 4.39. The quantitative estimate of drug-likeness (QED) is 0.903. The lowest BCUT2D eigenvalue weighted by molar-refractivity contribution is -0.0482. The molecule has 1 saturated carbocycles. The third kappa shape index (κ3) is 3.57. The molecule has 2 rings (SSSR count). The fraction of sp³-hybridized carbons (Fsp3) is 0.800. The van der Waals surface area contributed by atoms with Crippen LogP contribution in [0.25, 0.3) is 0 Å². The van der Waals surface area contributed by atoms with E-state index in [0.717, 1.165) is 30.8 Å². The van der Waals surface area contributed by atoms with Gasteiger partial charge in [0.15, 0.2) is 0 Å². The van der Waals surface area contributed by atoms with Crippen LogP contribution >= 0.6 is 0 Å². The van der Waals surface area contributed by atoms with E-state index in [0.29, 0.717) is 12.8 Å². The van der Waals surface area contributed by atoms with Gasteiger partial charge in [0.1, 0.15) is 0 Å². The number of aromatic nitrogens is 2. The molecule has 0 aliphatic heterocycles. The maximum Gasteiger partial charge on any atom is 0.248 e. The van der Waals surface area contributed by atoms with E-state index in [1.54, 1.807) is 0 Å². The summed E-state index contributed by atoms with van der Waals surface area (Å²) in [5.74, 6) is -2.27. The van der Waals surface area contributed by atoms with Crippen molar-refractivity contribution in [3.63, 3.8) is 0 Å².